The molecule has 0 atom stereocenters. The lowest BCUT2D eigenvalue weighted by Crippen LogP contribution is -2.21. The Balaban J connectivity index is 0.000000236. The van der Waals surface area contributed by atoms with E-state index in [1.807, 2.05) is 11.3 Å². The van der Waals surface area contributed by atoms with E-state index in [9.17, 15) is 18.0 Å². The summed E-state index contributed by atoms with van der Waals surface area (Å²) in [5, 5.41) is 2.13. The van der Waals surface area contributed by atoms with Gasteiger partial charge in [-0.3, -0.25) is 4.55 Å². The SMILES string of the molecule is C1CCCC1.O=CCc1ccsc1C1CCCCC1.O=S(=O)(O)C(F)(F)F. The standard InChI is InChI=1S/C12H16OS.C5H10.CHF3O3S/c13-8-6-11-7-9-14-12(11)10-4-2-1-3-5-10;1-2-4-5-3-1;2-1(3,4)8(5,6)7/h7-10H,1-6H2;1-5H2;(H,5,6,7). The number of thiophene rings is 1. The smallest absolute Gasteiger partial charge is 0.303 e. The van der Waals surface area contributed by atoms with Crippen molar-refractivity contribution >= 4 is 27.7 Å². The second kappa shape index (κ2) is 11.8. The Kier molecular flexibility index (Phi) is 10.5. The summed E-state index contributed by atoms with van der Waals surface area (Å²) in [4.78, 5) is 12.0. The first-order chi connectivity index (χ1) is 12.7. The topological polar surface area (TPSA) is 71.4 Å². The fourth-order valence-electron chi connectivity index (χ4n) is 3.21. The van der Waals surface area contributed by atoms with Gasteiger partial charge in [-0.15, -0.1) is 11.3 Å². The van der Waals surface area contributed by atoms with Crippen LogP contribution in [0.5, 0.6) is 0 Å². The average molecular weight is 429 g/mol. The number of halogens is 3. The molecule has 0 spiro atoms. The molecule has 1 N–H and O–H groups in total. The molecule has 0 saturated heterocycles. The number of rotatable bonds is 3. The zero-order valence-corrected chi connectivity index (χ0v) is 16.8. The highest BCUT2D eigenvalue weighted by Crippen LogP contribution is 2.37. The maximum Gasteiger partial charge on any atom is 0.522 e. The van der Waals surface area contributed by atoms with Crippen LogP contribution in [-0.2, 0) is 21.3 Å². The zero-order chi connectivity index (χ0) is 20.3. The van der Waals surface area contributed by atoms with Crippen molar-refractivity contribution in [3.05, 3.63) is 21.9 Å². The molecule has 2 fully saturated rings. The van der Waals surface area contributed by atoms with Gasteiger partial charge in [-0.2, -0.15) is 21.6 Å². The molecule has 0 aliphatic heterocycles. The van der Waals surface area contributed by atoms with Crippen LogP contribution in [0.4, 0.5) is 13.2 Å². The molecular formula is C18H27F3O4S2. The fraction of sp³-hybridized carbons (Fsp3) is 0.722. The summed E-state index contributed by atoms with van der Waals surface area (Å²) in [6.07, 6.45) is 15.9. The molecule has 0 aromatic carbocycles. The predicted molar refractivity (Wildman–Crippen MR) is 101 cm³/mol. The molecule has 2 aliphatic rings. The molecule has 27 heavy (non-hydrogen) atoms. The van der Waals surface area contributed by atoms with E-state index in [4.69, 9.17) is 13.0 Å². The average Bonchev–Trinajstić information content (AvgIpc) is 3.30. The molecule has 1 aromatic heterocycles. The van der Waals surface area contributed by atoms with Crippen molar-refractivity contribution in [2.75, 3.05) is 0 Å². The highest BCUT2D eigenvalue weighted by Gasteiger charge is 2.44. The van der Waals surface area contributed by atoms with Crippen LogP contribution in [0.1, 0.15) is 80.6 Å². The second-order valence-electron chi connectivity index (χ2n) is 6.70. The number of hydrogen-bond donors (Lipinski definition) is 1. The first-order valence-corrected chi connectivity index (χ1v) is 11.5. The van der Waals surface area contributed by atoms with Gasteiger partial charge in [0.1, 0.15) is 6.29 Å². The summed E-state index contributed by atoms with van der Waals surface area (Å²) in [6.45, 7) is 0. The first kappa shape index (κ1) is 24.1. The number of alkyl halides is 3. The van der Waals surface area contributed by atoms with E-state index in [-0.39, 0.29) is 0 Å². The number of aldehydes is 1. The van der Waals surface area contributed by atoms with Gasteiger partial charge < -0.3 is 4.79 Å². The molecule has 3 rings (SSSR count). The maximum absolute atomic E-state index is 10.7. The predicted octanol–water partition coefficient (Wildman–Crippen LogP) is 5.88. The molecule has 1 heterocycles. The van der Waals surface area contributed by atoms with Crippen LogP contribution in [0.25, 0.3) is 0 Å². The largest absolute Gasteiger partial charge is 0.522 e. The van der Waals surface area contributed by atoms with Crippen LogP contribution in [0.3, 0.4) is 0 Å². The Morgan fingerprint density at radius 2 is 1.48 bits per heavy atom. The molecule has 1 aromatic rings. The van der Waals surface area contributed by atoms with Crippen LogP contribution < -0.4 is 0 Å². The Labute approximate surface area is 162 Å². The van der Waals surface area contributed by atoms with Crippen molar-refractivity contribution in [2.45, 2.75) is 82.1 Å². The lowest BCUT2D eigenvalue weighted by molar-refractivity contribution is -0.107. The lowest BCUT2D eigenvalue weighted by Gasteiger charge is -2.21. The van der Waals surface area contributed by atoms with Gasteiger partial charge in [-0.25, -0.2) is 0 Å². The highest BCUT2D eigenvalue weighted by molar-refractivity contribution is 7.86. The quantitative estimate of drug-likeness (QED) is 0.371. The minimum Gasteiger partial charge on any atom is -0.303 e. The third-order valence-corrected chi connectivity index (χ3v) is 6.31. The summed E-state index contributed by atoms with van der Waals surface area (Å²) in [5.41, 5.74) is -4.26. The van der Waals surface area contributed by atoms with Gasteiger partial charge in [0.05, 0.1) is 0 Å². The van der Waals surface area contributed by atoms with Crippen molar-refractivity contribution in [2.24, 2.45) is 0 Å². The first-order valence-electron chi connectivity index (χ1n) is 9.20. The van der Waals surface area contributed by atoms with Crippen LogP contribution in [-0.4, -0.2) is 24.8 Å². The molecule has 2 saturated carbocycles. The summed E-state index contributed by atoms with van der Waals surface area (Å²) >= 11 is 1.84. The molecule has 4 nitrogen and oxygen atoms in total. The highest BCUT2D eigenvalue weighted by atomic mass is 32.2. The van der Waals surface area contributed by atoms with Crippen LogP contribution in [0.15, 0.2) is 11.4 Å². The molecule has 0 unspecified atom stereocenters. The van der Waals surface area contributed by atoms with Gasteiger partial charge in [0.25, 0.3) is 0 Å². The fourth-order valence-corrected chi connectivity index (χ4v) is 4.32. The van der Waals surface area contributed by atoms with Crippen molar-refractivity contribution in [1.29, 1.82) is 0 Å². The Morgan fingerprint density at radius 1 is 1.04 bits per heavy atom. The Hall–Kier alpha value is -0.930. The number of carbonyl (C=O) groups is 1. The van der Waals surface area contributed by atoms with E-state index in [1.165, 1.54) is 74.6 Å². The van der Waals surface area contributed by atoms with Gasteiger partial charge >= 0.3 is 15.6 Å². The normalized spacial score (nSPS) is 18.1. The molecule has 0 radical (unpaired) electrons. The van der Waals surface area contributed by atoms with Crippen LogP contribution in [0.2, 0.25) is 0 Å². The third-order valence-electron chi connectivity index (χ3n) is 4.60. The van der Waals surface area contributed by atoms with E-state index in [2.05, 4.69) is 11.4 Å². The lowest BCUT2D eigenvalue weighted by atomic mass is 9.86. The van der Waals surface area contributed by atoms with Crippen LogP contribution >= 0.6 is 11.3 Å². The Morgan fingerprint density at radius 3 is 1.89 bits per heavy atom. The van der Waals surface area contributed by atoms with Gasteiger partial charge in [-0.1, -0.05) is 51.4 Å². The van der Waals surface area contributed by atoms with E-state index in [0.717, 1.165) is 12.2 Å². The van der Waals surface area contributed by atoms with E-state index < -0.39 is 15.6 Å². The van der Waals surface area contributed by atoms with Gasteiger partial charge in [0.2, 0.25) is 0 Å². The van der Waals surface area contributed by atoms with Gasteiger partial charge in [0, 0.05) is 11.3 Å². The monoisotopic (exact) mass is 428 g/mol. The molecule has 156 valence electrons. The molecule has 2 aliphatic carbocycles. The summed E-state index contributed by atoms with van der Waals surface area (Å²) in [5.74, 6) is 0.749. The molecule has 0 amide bonds. The summed E-state index contributed by atoms with van der Waals surface area (Å²) < 4.78 is 57.5. The van der Waals surface area contributed by atoms with E-state index in [0.29, 0.717) is 6.42 Å². The Bertz CT molecular complexity index is 636. The third kappa shape index (κ3) is 9.21. The zero-order valence-electron chi connectivity index (χ0n) is 15.2. The number of carbonyl (C=O) groups excluding carboxylic acids is 1. The van der Waals surface area contributed by atoms with E-state index >= 15 is 0 Å². The molecule has 0 bridgehead atoms. The molecular weight excluding hydrogens is 401 g/mol. The minimum atomic E-state index is -5.84. The minimum absolute atomic E-state index is 0.606. The molecule has 9 heteroatoms. The second-order valence-corrected chi connectivity index (χ2v) is 9.07. The number of hydrogen-bond acceptors (Lipinski definition) is 4. The maximum atomic E-state index is 10.7. The van der Waals surface area contributed by atoms with Crippen molar-refractivity contribution in [3.63, 3.8) is 0 Å². The summed E-state index contributed by atoms with van der Waals surface area (Å²) in [6, 6.07) is 2.11. The van der Waals surface area contributed by atoms with Gasteiger partial charge in [-0.05, 0) is 35.8 Å². The van der Waals surface area contributed by atoms with Crippen LogP contribution in [0, 0.1) is 0 Å². The van der Waals surface area contributed by atoms with Gasteiger partial charge in [0.15, 0.2) is 0 Å². The van der Waals surface area contributed by atoms with Crippen molar-refractivity contribution < 1.29 is 30.9 Å². The van der Waals surface area contributed by atoms with Crippen molar-refractivity contribution in [1.82, 2.24) is 0 Å². The summed E-state index contributed by atoms with van der Waals surface area (Å²) in [7, 11) is -5.84. The van der Waals surface area contributed by atoms with E-state index in [1.54, 1.807) is 0 Å². The van der Waals surface area contributed by atoms with Crippen molar-refractivity contribution in [3.8, 4) is 0 Å².